The van der Waals surface area contributed by atoms with E-state index in [4.69, 9.17) is 10.6 Å². The first-order chi connectivity index (χ1) is 6.63. The van der Waals surface area contributed by atoms with Crippen molar-refractivity contribution in [3.05, 3.63) is 24.0 Å². The summed E-state index contributed by atoms with van der Waals surface area (Å²) >= 11 is 0. The highest BCUT2D eigenvalue weighted by molar-refractivity contribution is 5.91. The van der Waals surface area contributed by atoms with E-state index in [1.807, 2.05) is 19.3 Å². The molecule has 1 aromatic rings. The Morgan fingerprint density at radius 2 is 2.29 bits per heavy atom. The Kier molecular flexibility index (Phi) is 3.41. The van der Waals surface area contributed by atoms with E-state index in [0.29, 0.717) is 5.75 Å². The number of hydrogen-bond donors (Lipinski definition) is 2. The van der Waals surface area contributed by atoms with Crippen LogP contribution in [-0.2, 0) is 0 Å². The van der Waals surface area contributed by atoms with Crippen LogP contribution in [0.4, 0.5) is 0 Å². The van der Waals surface area contributed by atoms with Gasteiger partial charge in [-0.3, -0.25) is 10.2 Å². The molecule has 76 valence electrons. The molecule has 0 aliphatic carbocycles. The van der Waals surface area contributed by atoms with Crippen LogP contribution in [0.25, 0.3) is 0 Å². The molecule has 0 spiro atoms. The lowest BCUT2D eigenvalue weighted by Crippen LogP contribution is -2.30. The number of carbonyl (C=O) groups excluding carboxylic acids is 1. The Labute approximate surface area is 82.2 Å². The zero-order valence-corrected chi connectivity index (χ0v) is 8.15. The number of amides is 1. The smallest absolute Gasteiger partial charge is 0.283 e. The number of aromatic nitrogens is 1. The summed E-state index contributed by atoms with van der Waals surface area (Å²) in [5.41, 5.74) is 2.27. The van der Waals surface area contributed by atoms with E-state index in [1.54, 1.807) is 12.1 Å². The molecule has 1 rings (SSSR count). The molecule has 0 saturated carbocycles. The number of nitrogen functional groups attached to an aromatic ring is 1. The highest BCUT2D eigenvalue weighted by atomic mass is 16.5. The summed E-state index contributed by atoms with van der Waals surface area (Å²) < 4.78 is 5.36. The zero-order valence-electron chi connectivity index (χ0n) is 8.15. The van der Waals surface area contributed by atoms with Crippen molar-refractivity contribution >= 4 is 5.91 Å². The molecule has 0 aliphatic heterocycles. The first-order valence-corrected chi connectivity index (χ1v) is 4.27. The van der Waals surface area contributed by atoms with Crippen LogP contribution in [-0.4, -0.2) is 17.0 Å². The summed E-state index contributed by atoms with van der Waals surface area (Å²) in [4.78, 5) is 14.9. The van der Waals surface area contributed by atoms with Gasteiger partial charge in [-0.15, -0.1) is 0 Å². The van der Waals surface area contributed by atoms with Crippen molar-refractivity contribution in [1.29, 1.82) is 0 Å². The number of carbonyl (C=O) groups is 1. The van der Waals surface area contributed by atoms with E-state index in [-0.39, 0.29) is 11.8 Å². The molecule has 14 heavy (non-hydrogen) atoms. The number of nitrogens with zero attached hydrogens (tertiary/aromatic N) is 1. The Hall–Kier alpha value is -1.62. The van der Waals surface area contributed by atoms with Gasteiger partial charge in [0.2, 0.25) is 0 Å². The Balaban J connectivity index is 2.73. The van der Waals surface area contributed by atoms with Crippen LogP contribution in [0, 0.1) is 0 Å². The Morgan fingerprint density at radius 1 is 1.57 bits per heavy atom. The van der Waals surface area contributed by atoms with E-state index in [1.165, 1.54) is 6.20 Å². The van der Waals surface area contributed by atoms with Gasteiger partial charge in [0.25, 0.3) is 5.91 Å². The third-order valence-electron chi connectivity index (χ3n) is 1.47. The normalized spacial score (nSPS) is 10.0. The molecule has 1 aromatic heterocycles. The molecule has 0 radical (unpaired) electrons. The molecule has 0 unspecified atom stereocenters. The number of ether oxygens (including phenoxy) is 1. The van der Waals surface area contributed by atoms with Gasteiger partial charge in [0, 0.05) is 0 Å². The Bertz CT molecular complexity index is 308. The molecule has 0 aliphatic rings. The SMILES string of the molecule is CC(C)Oc1ccc(C(=O)NN)nc1. The fourth-order valence-electron chi connectivity index (χ4n) is 0.930. The number of rotatable bonds is 3. The first-order valence-electron chi connectivity index (χ1n) is 4.27. The van der Waals surface area contributed by atoms with Gasteiger partial charge in [-0.1, -0.05) is 0 Å². The van der Waals surface area contributed by atoms with Gasteiger partial charge in [0.05, 0.1) is 12.3 Å². The van der Waals surface area contributed by atoms with E-state index in [0.717, 1.165) is 0 Å². The van der Waals surface area contributed by atoms with Crippen LogP contribution < -0.4 is 16.0 Å². The molecule has 0 saturated heterocycles. The molecule has 0 aromatic carbocycles. The van der Waals surface area contributed by atoms with E-state index < -0.39 is 5.91 Å². The fraction of sp³-hybridized carbons (Fsp3) is 0.333. The average Bonchev–Trinajstić information content (AvgIpc) is 2.17. The second-order valence-corrected chi connectivity index (χ2v) is 3.02. The summed E-state index contributed by atoms with van der Waals surface area (Å²) in [6.07, 6.45) is 1.58. The number of hydrazine groups is 1. The van der Waals surface area contributed by atoms with Crippen molar-refractivity contribution in [1.82, 2.24) is 10.4 Å². The molecular formula is C9H13N3O2. The summed E-state index contributed by atoms with van der Waals surface area (Å²) in [7, 11) is 0. The predicted molar refractivity (Wildman–Crippen MR) is 51.7 cm³/mol. The molecule has 1 amide bonds. The monoisotopic (exact) mass is 195 g/mol. The van der Waals surface area contributed by atoms with Crippen LogP contribution in [0.1, 0.15) is 24.3 Å². The topological polar surface area (TPSA) is 77.2 Å². The van der Waals surface area contributed by atoms with Crippen LogP contribution in [0.5, 0.6) is 5.75 Å². The highest BCUT2D eigenvalue weighted by Crippen LogP contribution is 2.10. The van der Waals surface area contributed by atoms with Gasteiger partial charge in [0.15, 0.2) is 0 Å². The van der Waals surface area contributed by atoms with Gasteiger partial charge in [-0.2, -0.15) is 0 Å². The molecule has 0 atom stereocenters. The van der Waals surface area contributed by atoms with E-state index in [9.17, 15) is 4.79 Å². The maximum Gasteiger partial charge on any atom is 0.283 e. The van der Waals surface area contributed by atoms with E-state index >= 15 is 0 Å². The minimum absolute atomic E-state index is 0.0889. The average molecular weight is 195 g/mol. The van der Waals surface area contributed by atoms with Crippen molar-refractivity contribution in [2.45, 2.75) is 20.0 Å². The van der Waals surface area contributed by atoms with Gasteiger partial charge in [0.1, 0.15) is 11.4 Å². The molecular weight excluding hydrogens is 182 g/mol. The molecule has 1 heterocycles. The Morgan fingerprint density at radius 3 is 2.71 bits per heavy atom. The summed E-state index contributed by atoms with van der Waals surface area (Å²) in [6, 6.07) is 3.23. The van der Waals surface area contributed by atoms with Crippen molar-refractivity contribution < 1.29 is 9.53 Å². The lowest BCUT2D eigenvalue weighted by atomic mass is 10.3. The van der Waals surface area contributed by atoms with Crippen LogP contribution in [0.15, 0.2) is 18.3 Å². The quantitative estimate of drug-likeness (QED) is 0.417. The third-order valence-corrected chi connectivity index (χ3v) is 1.47. The predicted octanol–water partition coefficient (Wildman–Crippen LogP) is 0.472. The van der Waals surface area contributed by atoms with Crippen molar-refractivity contribution in [3.8, 4) is 5.75 Å². The van der Waals surface area contributed by atoms with Crippen molar-refractivity contribution in [2.75, 3.05) is 0 Å². The van der Waals surface area contributed by atoms with Crippen LogP contribution in [0.2, 0.25) is 0 Å². The third kappa shape index (κ3) is 2.70. The molecule has 0 fully saturated rings. The number of pyridine rings is 1. The lowest BCUT2D eigenvalue weighted by Gasteiger charge is -2.08. The maximum absolute atomic E-state index is 11.0. The van der Waals surface area contributed by atoms with Gasteiger partial charge in [-0.05, 0) is 26.0 Å². The summed E-state index contributed by atoms with van der Waals surface area (Å²) in [5, 5.41) is 0. The van der Waals surface area contributed by atoms with Gasteiger partial charge < -0.3 is 4.74 Å². The largest absolute Gasteiger partial charge is 0.489 e. The van der Waals surface area contributed by atoms with Crippen LogP contribution in [0.3, 0.4) is 0 Å². The maximum atomic E-state index is 11.0. The summed E-state index contributed by atoms with van der Waals surface area (Å²) in [6.45, 7) is 3.83. The highest BCUT2D eigenvalue weighted by Gasteiger charge is 2.05. The minimum atomic E-state index is -0.416. The van der Waals surface area contributed by atoms with Crippen molar-refractivity contribution in [3.63, 3.8) is 0 Å². The second-order valence-electron chi connectivity index (χ2n) is 3.02. The van der Waals surface area contributed by atoms with Crippen LogP contribution >= 0.6 is 0 Å². The number of hydrogen-bond acceptors (Lipinski definition) is 4. The zero-order chi connectivity index (χ0) is 10.6. The number of nitrogens with two attached hydrogens (primary N) is 1. The van der Waals surface area contributed by atoms with Gasteiger partial charge in [-0.25, -0.2) is 10.8 Å². The summed E-state index contributed by atoms with van der Waals surface area (Å²) in [5.74, 6) is 5.17. The minimum Gasteiger partial charge on any atom is -0.489 e. The molecule has 0 bridgehead atoms. The van der Waals surface area contributed by atoms with E-state index in [2.05, 4.69) is 4.98 Å². The lowest BCUT2D eigenvalue weighted by molar-refractivity contribution is 0.0948. The first kappa shape index (κ1) is 10.5. The fourth-order valence-corrected chi connectivity index (χ4v) is 0.930. The van der Waals surface area contributed by atoms with Gasteiger partial charge >= 0.3 is 0 Å². The second kappa shape index (κ2) is 4.57. The molecule has 3 N–H and O–H groups in total. The standard InChI is InChI=1S/C9H13N3O2/c1-6(2)14-7-3-4-8(11-5-7)9(13)12-10/h3-6H,10H2,1-2H3,(H,12,13). The molecule has 5 heteroatoms. The van der Waals surface area contributed by atoms with Crippen molar-refractivity contribution in [2.24, 2.45) is 5.84 Å². The number of nitrogens with one attached hydrogen (secondary N) is 1. The molecule has 5 nitrogen and oxygen atoms in total.